The first-order valence-electron chi connectivity index (χ1n) is 12.4. The molecule has 1 amide bonds. The van der Waals surface area contributed by atoms with Crippen LogP contribution in [-0.2, 0) is 20.5 Å². The Morgan fingerprint density at radius 1 is 1.22 bits per heavy atom. The lowest BCUT2D eigenvalue weighted by atomic mass is 9.43. The number of hydrogen-bond donors (Lipinski definition) is 3. The number of carbonyl (C=O) groups is 1. The standard InChI is InChI=1S/C25H40BN3O3/c1-24(2)18-14-21(24)25(3)22(15-18)31-26(32-25)19(13-17-9-5-4-6-10-17)16-29-23(30)20(28)11-7-8-12-27/h4-6,9-10,18-22H,7-8,11-16,27-28H2,1-3H3,(H,29,30)/t18-,19-,20-,21-,22+,25-/m0/s1. The maximum absolute atomic E-state index is 12.6. The average Bonchev–Trinajstić information content (AvgIpc) is 3.14. The van der Waals surface area contributed by atoms with Gasteiger partial charge in [-0.05, 0) is 68.4 Å². The Balaban J connectivity index is 1.43. The molecule has 6 nitrogen and oxygen atoms in total. The Morgan fingerprint density at radius 3 is 2.66 bits per heavy atom. The molecule has 2 bridgehead atoms. The first-order valence-corrected chi connectivity index (χ1v) is 12.4. The molecule has 0 aromatic heterocycles. The van der Waals surface area contributed by atoms with E-state index in [1.165, 1.54) is 12.0 Å². The highest BCUT2D eigenvalue weighted by molar-refractivity contribution is 6.47. The maximum Gasteiger partial charge on any atom is 0.463 e. The Kier molecular flexibility index (Phi) is 7.01. The van der Waals surface area contributed by atoms with Gasteiger partial charge in [-0.2, -0.15) is 0 Å². The minimum atomic E-state index is -0.502. The van der Waals surface area contributed by atoms with Crippen LogP contribution in [0.5, 0.6) is 0 Å². The Hall–Kier alpha value is -1.41. The molecule has 5 N–H and O–H groups in total. The molecule has 5 rings (SSSR count). The van der Waals surface area contributed by atoms with Gasteiger partial charge in [0.05, 0.1) is 17.7 Å². The molecule has 0 unspecified atom stereocenters. The number of nitrogens with one attached hydrogen (secondary N) is 1. The molecule has 3 saturated carbocycles. The van der Waals surface area contributed by atoms with Crippen molar-refractivity contribution in [1.82, 2.24) is 5.32 Å². The quantitative estimate of drug-likeness (QED) is 0.383. The first-order chi connectivity index (χ1) is 15.3. The normalized spacial score (nSPS) is 32.0. The van der Waals surface area contributed by atoms with E-state index in [-0.39, 0.29) is 30.5 Å². The van der Waals surface area contributed by atoms with Gasteiger partial charge in [-0.1, -0.05) is 50.6 Å². The fourth-order valence-corrected chi connectivity index (χ4v) is 6.29. The number of unbranched alkanes of at least 4 members (excludes halogenated alkanes) is 1. The van der Waals surface area contributed by atoms with Gasteiger partial charge in [0.2, 0.25) is 5.91 Å². The van der Waals surface area contributed by atoms with Crippen LogP contribution in [-0.4, -0.2) is 43.9 Å². The summed E-state index contributed by atoms with van der Waals surface area (Å²) in [5.41, 5.74) is 12.9. The number of rotatable bonds is 10. The van der Waals surface area contributed by atoms with E-state index in [0.717, 1.165) is 25.7 Å². The summed E-state index contributed by atoms with van der Waals surface area (Å²) >= 11 is 0. The zero-order valence-electron chi connectivity index (χ0n) is 19.9. The minimum absolute atomic E-state index is 0.0281. The third-order valence-corrected chi connectivity index (χ3v) is 8.54. The van der Waals surface area contributed by atoms with Crippen LogP contribution in [0.25, 0.3) is 0 Å². The zero-order valence-corrected chi connectivity index (χ0v) is 19.9. The third-order valence-electron chi connectivity index (χ3n) is 8.54. The molecule has 4 aliphatic rings. The highest BCUT2D eigenvalue weighted by atomic mass is 16.7. The largest absolute Gasteiger partial charge is 0.463 e. The Bertz CT molecular complexity index is 792. The van der Waals surface area contributed by atoms with Crippen LogP contribution < -0.4 is 16.8 Å². The van der Waals surface area contributed by atoms with E-state index in [1.54, 1.807) is 0 Å². The van der Waals surface area contributed by atoms with Crippen molar-refractivity contribution in [2.24, 2.45) is 28.7 Å². The molecule has 176 valence electrons. The molecule has 0 radical (unpaired) electrons. The third kappa shape index (κ3) is 4.50. The van der Waals surface area contributed by atoms with Gasteiger partial charge in [-0.25, -0.2) is 0 Å². The fourth-order valence-electron chi connectivity index (χ4n) is 6.29. The lowest BCUT2D eigenvalue weighted by Crippen LogP contribution is -2.65. The number of hydrogen-bond acceptors (Lipinski definition) is 5. The fraction of sp³-hybridized carbons (Fsp3) is 0.720. The van der Waals surface area contributed by atoms with Gasteiger partial charge in [0.1, 0.15) is 0 Å². The van der Waals surface area contributed by atoms with E-state index < -0.39 is 6.04 Å². The van der Waals surface area contributed by atoms with Crippen molar-refractivity contribution >= 4 is 13.0 Å². The van der Waals surface area contributed by atoms with E-state index in [4.69, 9.17) is 20.8 Å². The lowest BCUT2D eigenvalue weighted by Gasteiger charge is -2.64. The zero-order chi connectivity index (χ0) is 22.9. The molecule has 1 aromatic rings. The molecule has 7 heteroatoms. The van der Waals surface area contributed by atoms with Crippen LogP contribution in [0.3, 0.4) is 0 Å². The van der Waals surface area contributed by atoms with Crippen LogP contribution in [0.15, 0.2) is 30.3 Å². The van der Waals surface area contributed by atoms with E-state index in [2.05, 4.69) is 38.2 Å². The van der Waals surface area contributed by atoms with Gasteiger partial charge in [0.15, 0.2) is 0 Å². The van der Waals surface area contributed by atoms with Crippen molar-refractivity contribution in [2.45, 2.75) is 82.9 Å². The summed E-state index contributed by atoms with van der Waals surface area (Å²) in [6.45, 7) is 8.10. The number of carbonyl (C=O) groups excluding carboxylic acids is 1. The summed E-state index contributed by atoms with van der Waals surface area (Å²) in [5.74, 6) is 1.16. The molecule has 4 fully saturated rings. The second kappa shape index (κ2) is 9.45. The molecule has 32 heavy (non-hydrogen) atoms. The highest BCUT2D eigenvalue weighted by Crippen LogP contribution is 2.66. The summed E-state index contributed by atoms with van der Waals surface area (Å²) in [4.78, 5) is 12.6. The summed E-state index contributed by atoms with van der Waals surface area (Å²) in [6.07, 6.45) is 5.62. The van der Waals surface area contributed by atoms with Crippen molar-refractivity contribution in [3.63, 3.8) is 0 Å². The van der Waals surface area contributed by atoms with Crippen molar-refractivity contribution in [3.05, 3.63) is 35.9 Å². The van der Waals surface area contributed by atoms with Crippen LogP contribution >= 0.6 is 0 Å². The molecular formula is C25H40BN3O3. The summed E-state index contributed by atoms with van der Waals surface area (Å²) in [7, 11) is -0.325. The van der Waals surface area contributed by atoms with Crippen LogP contribution in [0.4, 0.5) is 0 Å². The van der Waals surface area contributed by atoms with Gasteiger partial charge in [-0.3, -0.25) is 4.79 Å². The molecule has 1 aliphatic heterocycles. The molecular weight excluding hydrogens is 401 g/mol. The number of amides is 1. The van der Waals surface area contributed by atoms with E-state index in [9.17, 15) is 4.79 Å². The number of benzene rings is 1. The lowest BCUT2D eigenvalue weighted by molar-refractivity contribution is -0.199. The van der Waals surface area contributed by atoms with Crippen molar-refractivity contribution in [1.29, 1.82) is 0 Å². The van der Waals surface area contributed by atoms with Crippen molar-refractivity contribution < 1.29 is 14.1 Å². The van der Waals surface area contributed by atoms with Crippen LogP contribution in [0.1, 0.15) is 58.4 Å². The summed E-state index contributed by atoms with van der Waals surface area (Å²) < 4.78 is 13.3. The second-order valence-electron chi connectivity index (χ2n) is 10.9. The molecule has 1 heterocycles. The molecule has 3 aliphatic carbocycles. The van der Waals surface area contributed by atoms with Gasteiger partial charge < -0.3 is 26.1 Å². The number of nitrogens with two attached hydrogens (primary N) is 2. The minimum Gasteiger partial charge on any atom is -0.405 e. The second-order valence-corrected chi connectivity index (χ2v) is 10.9. The van der Waals surface area contributed by atoms with Crippen LogP contribution in [0.2, 0.25) is 5.82 Å². The topological polar surface area (TPSA) is 99.6 Å². The van der Waals surface area contributed by atoms with Gasteiger partial charge in [0.25, 0.3) is 0 Å². The molecule has 1 saturated heterocycles. The van der Waals surface area contributed by atoms with Crippen molar-refractivity contribution in [2.75, 3.05) is 13.1 Å². The van der Waals surface area contributed by atoms with Crippen molar-refractivity contribution in [3.8, 4) is 0 Å². The molecule has 6 atom stereocenters. The van der Waals surface area contributed by atoms with Crippen LogP contribution in [0, 0.1) is 17.3 Å². The first kappa shape index (κ1) is 23.7. The van der Waals surface area contributed by atoms with Gasteiger partial charge in [0, 0.05) is 12.4 Å². The smallest absolute Gasteiger partial charge is 0.405 e. The predicted octanol–water partition coefficient (Wildman–Crippen LogP) is 2.90. The Morgan fingerprint density at radius 2 is 1.97 bits per heavy atom. The SMILES string of the molecule is CC1(C)[C@@H]2C[C@H]3OB([C@H](CNC(=O)[C@@H](N)CCCCN)Cc4ccccc4)O[C@@]3(C)[C@H]1C2. The highest BCUT2D eigenvalue weighted by Gasteiger charge is 2.68. The van der Waals surface area contributed by atoms with Gasteiger partial charge in [-0.15, -0.1) is 0 Å². The predicted molar refractivity (Wildman–Crippen MR) is 128 cm³/mol. The van der Waals surface area contributed by atoms with E-state index in [1.807, 2.05) is 18.2 Å². The molecule has 0 spiro atoms. The summed E-state index contributed by atoms with van der Waals surface area (Å²) in [6, 6.07) is 9.86. The molecule has 1 aromatic carbocycles. The van der Waals surface area contributed by atoms with E-state index in [0.29, 0.717) is 36.8 Å². The Labute approximate surface area is 193 Å². The maximum atomic E-state index is 12.6. The monoisotopic (exact) mass is 441 g/mol. The average molecular weight is 441 g/mol. The summed E-state index contributed by atoms with van der Waals surface area (Å²) in [5, 5.41) is 3.08. The van der Waals surface area contributed by atoms with E-state index >= 15 is 0 Å². The van der Waals surface area contributed by atoms with Gasteiger partial charge >= 0.3 is 7.12 Å².